The van der Waals surface area contributed by atoms with Crippen LogP contribution in [0.1, 0.15) is 41.5 Å². The summed E-state index contributed by atoms with van der Waals surface area (Å²) in [5, 5.41) is 17.0. The van der Waals surface area contributed by atoms with Crippen molar-refractivity contribution in [3.05, 3.63) is 95.1 Å². The Balaban J connectivity index is 1.25. The first-order valence-corrected chi connectivity index (χ1v) is 10.1. The summed E-state index contributed by atoms with van der Waals surface area (Å²) in [5.74, 6) is 3.12. The zero-order valence-electron chi connectivity index (χ0n) is 17.0. The van der Waals surface area contributed by atoms with Crippen molar-refractivity contribution in [3.8, 4) is 17.6 Å². The third-order valence-corrected chi connectivity index (χ3v) is 5.49. The molecule has 4 nitrogen and oxygen atoms in total. The highest BCUT2D eigenvalue weighted by Gasteiger charge is 2.33. The van der Waals surface area contributed by atoms with Gasteiger partial charge in [-0.15, -0.1) is 0 Å². The molecule has 0 aromatic heterocycles. The smallest absolute Gasteiger partial charge is 0.130 e. The zero-order valence-corrected chi connectivity index (χ0v) is 17.0. The van der Waals surface area contributed by atoms with Crippen LogP contribution in [-0.2, 0) is 6.61 Å². The monoisotopic (exact) mass is 396 g/mol. The van der Waals surface area contributed by atoms with E-state index in [1.807, 2.05) is 36.4 Å². The van der Waals surface area contributed by atoms with Gasteiger partial charge in [-0.1, -0.05) is 43.3 Å². The maximum atomic E-state index is 8.85. The third-order valence-electron chi connectivity index (χ3n) is 5.49. The summed E-state index contributed by atoms with van der Waals surface area (Å²) in [4.78, 5) is 0. The SMILES string of the molecule is CC1CC1c1ccc(OCc2ccc(OCC(=N)c3ccc(C#N)cc3)cc2)cc1. The molecule has 2 unspecified atom stereocenters. The molecule has 0 saturated heterocycles. The van der Waals surface area contributed by atoms with Crippen molar-refractivity contribution in [1.29, 1.82) is 10.7 Å². The molecule has 1 aliphatic rings. The molecule has 4 heteroatoms. The minimum absolute atomic E-state index is 0.174. The largest absolute Gasteiger partial charge is 0.489 e. The standard InChI is InChI=1S/C26H24N2O2/c1-18-14-25(18)21-8-12-24(13-9-21)29-16-20-4-10-23(11-5-20)30-17-26(28)22-6-2-19(15-27)3-7-22/h2-13,18,25,28H,14,16-17H2,1H3. The molecule has 3 aromatic rings. The number of hydrogen-bond donors (Lipinski definition) is 1. The van der Waals surface area contributed by atoms with E-state index in [9.17, 15) is 0 Å². The number of ether oxygens (including phenoxy) is 2. The van der Waals surface area contributed by atoms with E-state index in [1.54, 1.807) is 24.3 Å². The average Bonchev–Trinajstić information content (AvgIpc) is 3.53. The Morgan fingerprint density at radius 2 is 1.53 bits per heavy atom. The molecule has 0 aliphatic heterocycles. The van der Waals surface area contributed by atoms with Gasteiger partial charge in [-0.3, -0.25) is 0 Å². The van der Waals surface area contributed by atoms with E-state index in [2.05, 4.69) is 25.1 Å². The minimum atomic E-state index is 0.174. The maximum Gasteiger partial charge on any atom is 0.130 e. The van der Waals surface area contributed by atoms with Crippen LogP contribution in [0.5, 0.6) is 11.5 Å². The summed E-state index contributed by atoms with van der Waals surface area (Å²) in [6, 6.07) is 25.2. The number of nitrogens with zero attached hydrogens (tertiary/aromatic N) is 1. The van der Waals surface area contributed by atoms with Gasteiger partial charge >= 0.3 is 0 Å². The molecule has 1 fully saturated rings. The van der Waals surface area contributed by atoms with Crippen molar-refractivity contribution < 1.29 is 9.47 Å². The summed E-state index contributed by atoms with van der Waals surface area (Å²) in [6.45, 7) is 2.96. The van der Waals surface area contributed by atoms with Crippen LogP contribution in [0.15, 0.2) is 72.8 Å². The molecular formula is C26H24N2O2. The molecule has 30 heavy (non-hydrogen) atoms. The first-order chi connectivity index (χ1) is 14.6. The molecule has 150 valence electrons. The van der Waals surface area contributed by atoms with Gasteiger partial charge < -0.3 is 14.9 Å². The fraction of sp³-hybridized carbons (Fsp3) is 0.231. The van der Waals surface area contributed by atoms with Crippen LogP contribution in [0.3, 0.4) is 0 Å². The normalized spacial score (nSPS) is 17.1. The summed E-state index contributed by atoms with van der Waals surface area (Å²) in [6.07, 6.45) is 1.29. The van der Waals surface area contributed by atoms with Crippen molar-refractivity contribution in [1.82, 2.24) is 0 Å². The number of nitriles is 1. The molecule has 1 N–H and O–H groups in total. The van der Waals surface area contributed by atoms with Crippen molar-refractivity contribution in [3.63, 3.8) is 0 Å². The van der Waals surface area contributed by atoms with Gasteiger partial charge in [-0.2, -0.15) is 5.26 Å². The molecule has 0 radical (unpaired) electrons. The van der Waals surface area contributed by atoms with E-state index in [-0.39, 0.29) is 6.61 Å². The van der Waals surface area contributed by atoms with Gasteiger partial charge in [-0.05, 0) is 71.3 Å². The molecule has 1 saturated carbocycles. The maximum absolute atomic E-state index is 8.85. The predicted octanol–water partition coefficient (Wildman–Crippen LogP) is 5.71. The van der Waals surface area contributed by atoms with Crippen LogP contribution in [0.4, 0.5) is 0 Å². The topological polar surface area (TPSA) is 66.1 Å². The summed E-state index contributed by atoms with van der Waals surface area (Å²) >= 11 is 0. The van der Waals surface area contributed by atoms with Crippen LogP contribution < -0.4 is 9.47 Å². The van der Waals surface area contributed by atoms with Crippen molar-refractivity contribution >= 4 is 5.71 Å². The second-order valence-corrected chi connectivity index (χ2v) is 7.78. The molecule has 2 atom stereocenters. The van der Waals surface area contributed by atoms with E-state index in [0.29, 0.717) is 23.6 Å². The molecule has 0 bridgehead atoms. The Morgan fingerprint density at radius 1 is 0.933 bits per heavy atom. The Kier molecular flexibility index (Phi) is 5.81. The van der Waals surface area contributed by atoms with Crippen LogP contribution in [0, 0.1) is 22.7 Å². The zero-order chi connectivity index (χ0) is 20.9. The molecule has 4 rings (SSSR count). The van der Waals surface area contributed by atoms with Gasteiger partial charge in [0.1, 0.15) is 24.7 Å². The highest BCUT2D eigenvalue weighted by Crippen LogP contribution is 2.47. The Hall–Kier alpha value is -3.58. The van der Waals surface area contributed by atoms with E-state index >= 15 is 0 Å². The first kappa shape index (κ1) is 19.7. The van der Waals surface area contributed by atoms with E-state index in [0.717, 1.165) is 28.7 Å². The van der Waals surface area contributed by atoms with Crippen molar-refractivity contribution in [2.24, 2.45) is 5.92 Å². The summed E-state index contributed by atoms with van der Waals surface area (Å²) in [7, 11) is 0. The predicted molar refractivity (Wildman–Crippen MR) is 117 cm³/mol. The fourth-order valence-corrected chi connectivity index (χ4v) is 3.43. The van der Waals surface area contributed by atoms with Crippen LogP contribution in [0.2, 0.25) is 0 Å². The van der Waals surface area contributed by atoms with Crippen molar-refractivity contribution in [2.75, 3.05) is 6.61 Å². The number of rotatable bonds is 8. The van der Waals surface area contributed by atoms with E-state index in [1.165, 1.54) is 12.0 Å². The molecule has 3 aromatic carbocycles. The van der Waals surface area contributed by atoms with Gasteiger partial charge in [0.15, 0.2) is 0 Å². The molecule has 0 amide bonds. The van der Waals surface area contributed by atoms with Crippen LogP contribution >= 0.6 is 0 Å². The Morgan fingerprint density at radius 3 is 2.13 bits per heavy atom. The van der Waals surface area contributed by atoms with Gasteiger partial charge in [-0.25, -0.2) is 0 Å². The molecule has 0 spiro atoms. The lowest BCUT2D eigenvalue weighted by Crippen LogP contribution is -2.11. The van der Waals surface area contributed by atoms with Crippen molar-refractivity contribution in [2.45, 2.75) is 25.9 Å². The van der Waals surface area contributed by atoms with Gasteiger partial charge in [0.05, 0.1) is 17.3 Å². The first-order valence-electron chi connectivity index (χ1n) is 10.1. The third kappa shape index (κ3) is 4.87. The van der Waals surface area contributed by atoms with Crippen LogP contribution in [0.25, 0.3) is 0 Å². The lowest BCUT2D eigenvalue weighted by atomic mass is 10.1. The number of nitrogens with one attached hydrogen (secondary N) is 1. The lowest BCUT2D eigenvalue weighted by molar-refractivity contribution is 0.305. The molecular weight excluding hydrogens is 372 g/mol. The van der Waals surface area contributed by atoms with E-state index < -0.39 is 0 Å². The average molecular weight is 396 g/mol. The van der Waals surface area contributed by atoms with Gasteiger partial charge in [0.25, 0.3) is 0 Å². The number of hydrogen-bond acceptors (Lipinski definition) is 4. The summed E-state index contributed by atoms with van der Waals surface area (Å²) in [5.41, 5.74) is 4.17. The highest BCUT2D eigenvalue weighted by molar-refractivity contribution is 5.99. The second-order valence-electron chi connectivity index (χ2n) is 7.78. The van der Waals surface area contributed by atoms with Gasteiger partial charge in [0, 0.05) is 0 Å². The molecule has 1 aliphatic carbocycles. The molecule has 0 heterocycles. The van der Waals surface area contributed by atoms with Crippen LogP contribution in [-0.4, -0.2) is 12.3 Å². The lowest BCUT2D eigenvalue weighted by Gasteiger charge is -2.10. The Labute approximate surface area is 177 Å². The quantitative estimate of drug-likeness (QED) is 0.496. The number of benzene rings is 3. The Bertz CT molecular complexity index is 1050. The minimum Gasteiger partial charge on any atom is -0.489 e. The van der Waals surface area contributed by atoms with Gasteiger partial charge in [0.2, 0.25) is 0 Å². The fourth-order valence-electron chi connectivity index (χ4n) is 3.43. The second kappa shape index (κ2) is 8.84. The highest BCUT2D eigenvalue weighted by atomic mass is 16.5. The van der Waals surface area contributed by atoms with E-state index in [4.69, 9.17) is 20.1 Å². The summed E-state index contributed by atoms with van der Waals surface area (Å²) < 4.78 is 11.6.